The second-order valence-electron chi connectivity index (χ2n) is 29.0. The van der Waals surface area contributed by atoms with E-state index in [1.807, 2.05) is 91.0 Å². The van der Waals surface area contributed by atoms with Crippen LogP contribution in [-0.2, 0) is 61.0 Å². The summed E-state index contributed by atoms with van der Waals surface area (Å²) in [6.07, 6.45) is 19.0. The molecule has 6 amide bonds. The van der Waals surface area contributed by atoms with Crippen LogP contribution in [0.2, 0.25) is 0 Å². The molecule has 1 aliphatic carbocycles. The first-order valence-electron chi connectivity index (χ1n) is 39.1. The van der Waals surface area contributed by atoms with E-state index < -0.39 is 11.9 Å². The van der Waals surface area contributed by atoms with Crippen molar-refractivity contribution >= 4 is 138 Å². The SMILES string of the molecule is CCCCC(CC)CN1C(=O)C2=C(c3ccc(-c4ccc(COC(=O)CCC(=O)NC5CCCCC5NC(=O)CCC(=O)OCc5ccc(-c6ccc(C7=C8C(=O)N(CC(CC)CCCC)C(c9cccs9)=C8C(=O)N7CC(CC)CCCC)s6)s5)s4)s3)N(CC(CC)CCCC)C(=O)C2=C1c1cccs1. The van der Waals surface area contributed by atoms with E-state index in [2.05, 4.69) is 78.2 Å². The number of hydrogen-bond donors (Lipinski definition) is 2. The molecule has 568 valence electrons. The maximum Gasteiger partial charge on any atom is 0.306 e. The smallest absolute Gasteiger partial charge is 0.306 e. The molecule has 0 saturated heterocycles. The van der Waals surface area contributed by atoms with Crippen LogP contribution in [0.25, 0.3) is 42.3 Å². The molecule has 16 nitrogen and oxygen atoms in total. The number of rotatable bonds is 42. The largest absolute Gasteiger partial charge is 0.460 e. The average Bonchev–Trinajstić information content (AvgIpc) is 1.56. The zero-order chi connectivity index (χ0) is 75.0. The number of carbonyl (C=O) groups is 8. The summed E-state index contributed by atoms with van der Waals surface area (Å²) in [5.41, 5.74) is 4.96. The number of thiophene rings is 6. The van der Waals surface area contributed by atoms with Crippen molar-refractivity contribution in [2.24, 2.45) is 23.7 Å². The number of fused-ring (bicyclic) bond motifs is 2. The van der Waals surface area contributed by atoms with Crippen LogP contribution in [0, 0.1) is 23.7 Å². The molecule has 6 aromatic heterocycles. The van der Waals surface area contributed by atoms with Gasteiger partial charge in [-0.3, -0.25) is 38.4 Å². The molecular weight excluding hydrogens is 1450 g/mol. The Morgan fingerprint density at radius 2 is 0.698 bits per heavy atom. The van der Waals surface area contributed by atoms with Crippen LogP contribution in [0.15, 0.2) is 106 Å². The van der Waals surface area contributed by atoms with Gasteiger partial charge in [-0.2, -0.15) is 0 Å². The van der Waals surface area contributed by atoms with Crippen LogP contribution in [0.5, 0.6) is 0 Å². The summed E-state index contributed by atoms with van der Waals surface area (Å²) in [4.78, 5) is 130. The Labute approximate surface area is 650 Å². The van der Waals surface area contributed by atoms with Crippen molar-refractivity contribution < 1.29 is 47.8 Å². The van der Waals surface area contributed by atoms with Gasteiger partial charge in [0.2, 0.25) is 11.8 Å². The van der Waals surface area contributed by atoms with Crippen LogP contribution in [0.1, 0.15) is 239 Å². The molecule has 2 N–H and O–H groups in total. The molecule has 5 aliphatic rings. The quantitative estimate of drug-likeness (QED) is 0.0349. The summed E-state index contributed by atoms with van der Waals surface area (Å²) in [6, 6.07) is 23.4. The maximum absolute atomic E-state index is 15.0. The number of carbonyl (C=O) groups excluding carboxylic acids is 8. The second kappa shape index (κ2) is 38.3. The first-order valence-corrected chi connectivity index (χ1v) is 44.2. The van der Waals surface area contributed by atoms with Crippen molar-refractivity contribution in [2.45, 2.75) is 235 Å². The Morgan fingerprint density at radius 1 is 0.396 bits per heavy atom. The van der Waals surface area contributed by atoms with E-state index in [1.54, 1.807) is 45.3 Å². The zero-order valence-corrected chi connectivity index (χ0v) is 68.0. The molecule has 4 aliphatic heterocycles. The average molecular weight is 1550 g/mol. The third kappa shape index (κ3) is 18.8. The van der Waals surface area contributed by atoms with Crippen molar-refractivity contribution in [3.8, 4) is 19.5 Å². The molecule has 106 heavy (non-hydrogen) atoms. The topological polar surface area (TPSA) is 192 Å². The highest BCUT2D eigenvalue weighted by molar-refractivity contribution is 7.23. The van der Waals surface area contributed by atoms with Crippen molar-refractivity contribution in [1.29, 1.82) is 0 Å². The third-order valence-corrected chi connectivity index (χ3v) is 28.1. The van der Waals surface area contributed by atoms with Crippen LogP contribution in [0.4, 0.5) is 0 Å². The molecule has 6 unspecified atom stereocenters. The summed E-state index contributed by atoms with van der Waals surface area (Å²) < 4.78 is 11.4. The Bertz CT molecular complexity index is 3940. The van der Waals surface area contributed by atoms with Gasteiger partial charge < -0.3 is 39.7 Å². The normalized spacial score (nSPS) is 17.9. The highest BCUT2D eigenvalue weighted by Gasteiger charge is 2.52. The Kier molecular flexibility index (Phi) is 28.9. The van der Waals surface area contributed by atoms with Crippen LogP contribution < -0.4 is 10.6 Å². The van der Waals surface area contributed by atoms with Crippen LogP contribution >= 0.6 is 68.0 Å². The van der Waals surface area contributed by atoms with Gasteiger partial charge in [-0.05, 0) is 134 Å². The number of nitrogens with one attached hydrogen (secondary N) is 2. The molecule has 1 saturated carbocycles. The van der Waals surface area contributed by atoms with E-state index in [0.717, 1.165) is 176 Å². The Morgan fingerprint density at radius 3 is 1.00 bits per heavy atom. The Hall–Kier alpha value is -7.08. The van der Waals surface area contributed by atoms with E-state index >= 15 is 19.2 Å². The lowest BCUT2D eigenvalue weighted by atomic mass is 9.90. The summed E-state index contributed by atoms with van der Waals surface area (Å²) in [7, 11) is 0. The van der Waals surface area contributed by atoms with Gasteiger partial charge in [-0.15, -0.1) is 68.0 Å². The molecule has 0 spiro atoms. The van der Waals surface area contributed by atoms with Gasteiger partial charge in [-0.1, -0.05) is 157 Å². The van der Waals surface area contributed by atoms with Crippen molar-refractivity contribution in [3.63, 3.8) is 0 Å². The summed E-state index contributed by atoms with van der Waals surface area (Å²) in [5, 5.41) is 10.2. The molecule has 6 aromatic rings. The highest BCUT2D eigenvalue weighted by Crippen LogP contribution is 2.53. The highest BCUT2D eigenvalue weighted by atomic mass is 32.1. The molecule has 0 bridgehead atoms. The van der Waals surface area contributed by atoms with E-state index in [0.29, 0.717) is 84.5 Å². The molecule has 6 atom stereocenters. The van der Waals surface area contributed by atoms with Crippen LogP contribution in [-0.4, -0.2) is 105 Å². The third-order valence-electron chi connectivity index (χ3n) is 21.6. The molecule has 0 aromatic carbocycles. The van der Waals surface area contributed by atoms with Crippen LogP contribution in [0.3, 0.4) is 0 Å². The minimum absolute atomic E-state index is 0.0393. The Balaban J connectivity index is 0.660. The van der Waals surface area contributed by atoms with Gasteiger partial charge >= 0.3 is 11.9 Å². The first-order chi connectivity index (χ1) is 51.5. The van der Waals surface area contributed by atoms with Gasteiger partial charge in [0.15, 0.2) is 0 Å². The summed E-state index contributed by atoms with van der Waals surface area (Å²) >= 11 is 9.27. The fraction of sp³-hybridized carbons (Fsp3) is 0.524. The number of hydrogen-bond acceptors (Lipinski definition) is 16. The predicted molar refractivity (Wildman–Crippen MR) is 432 cm³/mol. The zero-order valence-electron chi connectivity index (χ0n) is 63.1. The molecule has 11 rings (SSSR count). The first kappa shape index (κ1) is 79.9. The lowest BCUT2D eigenvalue weighted by Crippen LogP contribution is -2.53. The standard InChI is InChI=1S/C84H106N6O10S6/c1-9-17-25-53(13-5)47-87-77(65-31-23-45-101-65)73-75(83(87)97)79(89(81(73)95)49-55(15-7)27-19-11-3)67-39-37-63(105-67)61-35-33-57(103-61)51-99-71(93)43-41-69(91)85-59-29-21-22-30-60(59)86-70(92)42-44-72(94)100-52-58-34-36-62(104-58)64-38-40-68(106-64)80-76-74(82(96)90(80)50-56(16-8)28-20-12-4)78(66-32-24-46-102-66)88(84(76)98)48-54(14-6)26-18-10-2/h23-24,31-40,45-46,53-56,59-60H,9-22,25-30,41-44,47-52H2,1-8H3,(H,85,91)(H,86,92). The van der Waals surface area contributed by atoms with Gasteiger partial charge in [0.25, 0.3) is 23.6 Å². The molecular formula is C84H106N6O10S6. The summed E-state index contributed by atoms with van der Waals surface area (Å²) in [5.74, 6) is -0.848. The lowest BCUT2D eigenvalue weighted by Gasteiger charge is -2.32. The molecule has 10 heterocycles. The molecule has 1 fully saturated rings. The number of ether oxygens (including phenoxy) is 2. The monoisotopic (exact) mass is 1550 g/mol. The number of esters is 2. The van der Waals surface area contributed by atoms with Gasteiger partial charge in [0.05, 0.1) is 77.4 Å². The molecule has 0 radical (unpaired) electrons. The predicted octanol–water partition coefficient (Wildman–Crippen LogP) is 19.8. The minimum atomic E-state index is -0.504. The van der Waals surface area contributed by atoms with Crippen molar-refractivity contribution in [3.05, 3.63) is 135 Å². The number of amides is 6. The van der Waals surface area contributed by atoms with Crippen molar-refractivity contribution in [1.82, 2.24) is 30.2 Å². The van der Waals surface area contributed by atoms with E-state index in [9.17, 15) is 19.2 Å². The lowest BCUT2D eigenvalue weighted by molar-refractivity contribution is -0.146. The minimum Gasteiger partial charge on any atom is -0.460 e. The van der Waals surface area contributed by atoms with Gasteiger partial charge in [0.1, 0.15) is 13.2 Å². The molecule has 22 heteroatoms. The van der Waals surface area contributed by atoms with Crippen molar-refractivity contribution in [2.75, 3.05) is 26.2 Å². The second-order valence-corrected chi connectivity index (χ2v) is 35.4. The van der Waals surface area contributed by atoms with Gasteiger partial charge in [0, 0.05) is 80.4 Å². The van der Waals surface area contributed by atoms with Gasteiger partial charge in [-0.25, -0.2) is 0 Å². The summed E-state index contributed by atoms with van der Waals surface area (Å²) in [6.45, 7) is 19.8. The maximum atomic E-state index is 15.0. The fourth-order valence-corrected chi connectivity index (χ4v) is 21.1. The fourth-order valence-electron chi connectivity index (χ4n) is 15.3. The number of nitrogens with zero attached hydrogens (tertiary/aromatic N) is 4. The number of unbranched alkanes of at least 4 members (excludes halogenated alkanes) is 4. The van der Waals surface area contributed by atoms with E-state index in [-0.39, 0.29) is 98.3 Å². The van der Waals surface area contributed by atoms with E-state index in [4.69, 9.17) is 9.47 Å². The van der Waals surface area contributed by atoms with E-state index in [1.165, 1.54) is 22.7 Å².